The molecule has 2 N–H and O–H groups in total. The van der Waals surface area contributed by atoms with Crippen LogP contribution in [-0.4, -0.2) is 9.55 Å². The second-order valence-corrected chi connectivity index (χ2v) is 5.79. The van der Waals surface area contributed by atoms with E-state index in [2.05, 4.69) is 4.98 Å². The van der Waals surface area contributed by atoms with E-state index in [-0.39, 0.29) is 12.1 Å². The topological polar surface area (TPSA) is 43.8 Å². The molecule has 0 aliphatic heterocycles. The van der Waals surface area contributed by atoms with Gasteiger partial charge in [0.15, 0.2) is 0 Å². The Hall–Kier alpha value is -2.02. The van der Waals surface area contributed by atoms with Gasteiger partial charge in [-0.25, -0.2) is 4.98 Å². The molecule has 1 aromatic carbocycles. The first kappa shape index (κ1) is 13.9. The Bertz CT molecular complexity index is 801. The van der Waals surface area contributed by atoms with Gasteiger partial charge in [0.25, 0.3) is 0 Å². The molecule has 3 rings (SSSR count). The number of fused-ring (bicyclic) bond motifs is 1. The number of halogens is 3. The van der Waals surface area contributed by atoms with Crippen LogP contribution in [0.1, 0.15) is 16.3 Å². The Balaban J connectivity index is 2.20. The van der Waals surface area contributed by atoms with Gasteiger partial charge >= 0.3 is 6.18 Å². The second-order valence-electron chi connectivity index (χ2n) is 4.79. The number of hydrogen-bond donors (Lipinski definition) is 1. The monoisotopic (exact) mass is 311 g/mol. The van der Waals surface area contributed by atoms with E-state index in [1.165, 1.54) is 22.0 Å². The molecule has 3 aromatic rings. The number of alkyl halides is 3. The molecule has 0 aliphatic carbocycles. The first-order valence-electron chi connectivity index (χ1n) is 6.22. The predicted molar refractivity (Wildman–Crippen MR) is 77.3 cm³/mol. The average Bonchev–Trinajstić information content (AvgIpc) is 2.94. The normalized spacial score (nSPS) is 12.2. The Morgan fingerprint density at radius 1 is 1.29 bits per heavy atom. The van der Waals surface area contributed by atoms with Crippen LogP contribution in [0.25, 0.3) is 11.0 Å². The molecule has 0 saturated carbocycles. The number of rotatable bonds is 2. The second kappa shape index (κ2) is 4.77. The van der Waals surface area contributed by atoms with Gasteiger partial charge in [0.1, 0.15) is 0 Å². The molecule has 0 radical (unpaired) electrons. The van der Waals surface area contributed by atoms with Gasteiger partial charge in [-0.05, 0) is 42.1 Å². The zero-order chi connectivity index (χ0) is 15.2. The SMILES string of the molecule is Cc1ccsc1Cn1c(C(F)(F)F)nc2cc(N)ccc21. The van der Waals surface area contributed by atoms with Crippen LogP contribution < -0.4 is 5.73 Å². The van der Waals surface area contributed by atoms with Crippen molar-refractivity contribution in [2.75, 3.05) is 5.73 Å². The highest BCUT2D eigenvalue weighted by Gasteiger charge is 2.37. The predicted octanol–water partition coefficient (Wildman–Crippen LogP) is 4.06. The van der Waals surface area contributed by atoms with Gasteiger partial charge in [0.2, 0.25) is 5.82 Å². The van der Waals surface area contributed by atoms with Crippen LogP contribution in [-0.2, 0) is 12.7 Å². The fourth-order valence-corrected chi connectivity index (χ4v) is 3.13. The van der Waals surface area contributed by atoms with Crippen LogP contribution in [0.2, 0.25) is 0 Å². The lowest BCUT2D eigenvalue weighted by atomic mass is 10.2. The van der Waals surface area contributed by atoms with Crippen LogP contribution in [0, 0.1) is 6.92 Å². The Kier molecular flexibility index (Phi) is 3.16. The molecule has 0 fully saturated rings. The number of nitrogen functional groups attached to an aromatic ring is 1. The average molecular weight is 311 g/mol. The molecule has 2 heterocycles. The summed E-state index contributed by atoms with van der Waals surface area (Å²) in [7, 11) is 0. The van der Waals surface area contributed by atoms with E-state index in [1.54, 1.807) is 12.1 Å². The molecule has 3 nitrogen and oxygen atoms in total. The molecule has 110 valence electrons. The van der Waals surface area contributed by atoms with Crippen molar-refractivity contribution < 1.29 is 13.2 Å². The molecule has 0 amide bonds. The van der Waals surface area contributed by atoms with Crippen molar-refractivity contribution in [1.82, 2.24) is 9.55 Å². The molecule has 7 heteroatoms. The number of aromatic nitrogens is 2. The maximum atomic E-state index is 13.2. The van der Waals surface area contributed by atoms with E-state index in [4.69, 9.17) is 5.73 Å². The number of hydrogen-bond acceptors (Lipinski definition) is 3. The van der Waals surface area contributed by atoms with Gasteiger partial charge in [-0.1, -0.05) is 0 Å². The molecule has 0 atom stereocenters. The first-order chi connectivity index (χ1) is 9.86. The summed E-state index contributed by atoms with van der Waals surface area (Å²) in [6.45, 7) is 2.04. The Morgan fingerprint density at radius 2 is 2.05 bits per heavy atom. The first-order valence-corrected chi connectivity index (χ1v) is 7.10. The van der Waals surface area contributed by atoms with Gasteiger partial charge < -0.3 is 10.3 Å². The van der Waals surface area contributed by atoms with Gasteiger partial charge in [0, 0.05) is 10.6 Å². The van der Waals surface area contributed by atoms with Gasteiger partial charge in [-0.3, -0.25) is 0 Å². The summed E-state index contributed by atoms with van der Waals surface area (Å²) < 4.78 is 40.8. The molecule has 21 heavy (non-hydrogen) atoms. The Labute approximate surface area is 122 Å². The maximum absolute atomic E-state index is 13.2. The highest BCUT2D eigenvalue weighted by molar-refractivity contribution is 7.10. The fraction of sp³-hybridized carbons (Fsp3) is 0.214. The summed E-state index contributed by atoms with van der Waals surface area (Å²) >= 11 is 1.44. The van der Waals surface area contributed by atoms with Crippen molar-refractivity contribution in [1.29, 1.82) is 0 Å². The van der Waals surface area contributed by atoms with Crippen molar-refractivity contribution in [3.05, 3.63) is 45.9 Å². The summed E-state index contributed by atoms with van der Waals surface area (Å²) in [6.07, 6.45) is -4.50. The van der Waals surface area contributed by atoms with E-state index >= 15 is 0 Å². The number of thiophene rings is 1. The highest BCUT2D eigenvalue weighted by Crippen LogP contribution is 2.33. The summed E-state index contributed by atoms with van der Waals surface area (Å²) in [4.78, 5) is 4.60. The third kappa shape index (κ3) is 2.49. The number of benzene rings is 1. The molecule has 0 unspecified atom stereocenters. The minimum atomic E-state index is -4.50. The third-order valence-corrected chi connectivity index (χ3v) is 4.30. The standard InChI is InChI=1S/C14H12F3N3S/c1-8-4-5-21-12(8)7-20-11-3-2-9(18)6-10(11)19-13(20)14(15,16)17/h2-6H,7,18H2,1H3. The van der Waals surface area contributed by atoms with Crippen molar-refractivity contribution in [2.45, 2.75) is 19.6 Å². The minimum Gasteiger partial charge on any atom is -0.399 e. The number of nitrogens with two attached hydrogens (primary N) is 1. The number of anilines is 1. The van der Waals surface area contributed by atoms with E-state index < -0.39 is 12.0 Å². The van der Waals surface area contributed by atoms with Crippen LogP contribution >= 0.6 is 11.3 Å². The van der Waals surface area contributed by atoms with Crippen molar-refractivity contribution in [3.8, 4) is 0 Å². The smallest absolute Gasteiger partial charge is 0.399 e. The lowest BCUT2D eigenvalue weighted by Gasteiger charge is -2.11. The summed E-state index contributed by atoms with van der Waals surface area (Å²) in [5, 5.41) is 1.87. The Morgan fingerprint density at radius 3 is 2.67 bits per heavy atom. The molecule has 0 spiro atoms. The fourth-order valence-electron chi connectivity index (χ4n) is 2.23. The minimum absolute atomic E-state index is 0.152. The number of nitrogens with zero attached hydrogens (tertiary/aromatic N) is 2. The molecular formula is C14H12F3N3S. The lowest BCUT2D eigenvalue weighted by molar-refractivity contribution is -0.146. The van der Waals surface area contributed by atoms with Crippen molar-refractivity contribution >= 4 is 28.1 Å². The van der Waals surface area contributed by atoms with E-state index in [0.717, 1.165) is 10.4 Å². The van der Waals surface area contributed by atoms with E-state index in [1.807, 2.05) is 18.4 Å². The summed E-state index contributed by atoms with van der Waals surface area (Å²) in [6, 6.07) is 6.52. The molecule has 0 bridgehead atoms. The van der Waals surface area contributed by atoms with E-state index in [0.29, 0.717) is 11.2 Å². The van der Waals surface area contributed by atoms with Crippen LogP contribution in [0.15, 0.2) is 29.6 Å². The largest absolute Gasteiger partial charge is 0.449 e. The van der Waals surface area contributed by atoms with Gasteiger partial charge in [0.05, 0.1) is 17.6 Å². The quantitative estimate of drug-likeness (QED) is 0.725. The van der Waals surface area contributed by atoms with E-state index in [9.17, 15) is 13.2 Å². The maximum Gasteiger partial charge on any atom is 0.449 e. The van der Waals surface area contributed by atoms with Crippen molar-refractivity contribution in [2.24, 2.45) is 0 Å². The van der Waals surface area contributed by atoms with Gasteiger partial charge in [-0.2, -0.15) is 13.2 Å². The number of aryl methyl sites for hydroxylation is 1. The third-order valence-electron chi connectivity index (χ3n) is 3.30. The summed E-state index contributed by atoms with van der Waals surface area (Å²) in [5.74, 6) is -0.893. The molecule has 2 aromatic heterocycles. The van der Waals surface area contributed by atoms with Crippen LogP contribution in [0.3, 0.4) is 0 Å². The zero-order valence-electron chi connectivity index (χ0n) is 11.1. The number of imidazole rings is 1. The van der Waals surface area contributed by atoms with Crippen LogP contribution in [0.4, 0.5) is 18.9 Å². The molecular weight excluding hydrogens is 299 g/mol. The summed E-state index contributed by atoms with van der Waals surface area (Å²) in [5.41, 5.74) is 7.69. The van der Waals surface area contributed by atoms with Crippen molar-refractivity contribution in [3.63, 3.8) is 0 Å². The van der Waals surface area contributed by atoms with Gasteiger partial charge in [-0.15, -0.1) is 11.3 Å². The highest BCUT2D eigenvalue weighted by atomic mass is 32.1. The molecule has 0 aliphatic rings. The van der Waals surface area contributed by atoms with Crippen LogP contribution in [0.5, 0.6) is 0 Å². The zero-order valence-corrected chi connectivity index (χ0v) is 11.9. The lowest BCUT2D eigenvalue weighted by Crippen LogP contribution is -2.15. The molecule has 0 saturated heterocycles.